The third-order valence-corrected chi connectivity index (χ3v) is 5.85. The van der Waals surface area contributed by atoms with Gasteiger partial charge in [0.25, 0.3) is 5.91 Å². The maximum atomic E-state index is 12.7. The summed E-state index contributed by atoms with van der Waals surface area (Å²) in [6.45, 7) is 2.46. The molecule has 146 valence electrons. The van der Waals surface area contributed by atoms with Gasteiger partial charge in [0.1, 0.15) is 0 Å². The number of thioether (sulfide) groups is 2. The van der Waals surface area contributed by atoms with Gasteiger partial charge in [-0.3, -0.25) is 9.69 Å². The second-order valence-corrected chi connectivity index (χ2v) is 7.80. The molecule has 5 nitrogen and oxygen atoms in total. The third kappa shape index (κ3) is 4.54. The van der Waals surface area contributed by atoms with Crippen molar-refractivity contribution in [2.45, 2.75) is 11.8 Å². The van der Waals surface area contributed by atoms with Crippen LogP contribution < -0.4 is 9.47 Å². The molecular formula is C21H22N2O3S2. The van der Waals surface area contributed by atoms with Gasteiger partial charge in [0.15, 0.2) is 16.7 Å². The zero-order valence-corrected chi connectivity index (χ0v) is 17.9. The minimum absolute atomic E-state index is 0.0708. The molecule has 3 rings (SSSR count). The first-order valence-corrected chi connectivity index (χ1v) is 10.8. The van der Waals surface area contributed by atoms with E-state index in [2.05, 4.69) is 4.99 Å². The fourth-order valence-corrected chi connectivity index (χ4v) is 4.08. The van der Waals surface area contributed by atoms with Gasteiger partial charge in [-0.1, -0.05) is 12.1 Å². The Morgan fingerprint density at radius 1 is 1.21 bits per heavy atom. The molecular weight excluding hydrogens is 392 g/mol. The van der Waals surface area contributed by atoms with Crippen LogP contribution in [0.25, 0.3) is 6.08 Å². The van der Waals surface area contributed by atoms with Gasteiger partial charge in [-0.25, -0.2) is 4.99 Å². The van der Waals surface area contributed by atoms with Crippen molar-refractivity contribution in [1.29, 1.82) is 0 Å². The minimum Gasteiger partial charge on any atom is -0.493 e. The van der Waals surface area contributed by atoms with E-state index in [4.69, 9.17) is 9.47 Å². The number of ether oxygens (including phenoxy) is 2. The molecule has 1 aliphatic heterocycles. The molecule has 0 saturated carbocycles. The maximum absolute atomic E-state index is 12.7. The number of amides is 1. The van der Waals surface area contributed by atoms with E-state index in [0.717, 1.165) is 16.1 Å². The molecule has 1 heterocycles. The topological polar surface area (TPSA) is 51.1 Å². The standard InChI is InChI=1S/C21H22N2O3S2/c1-5-26-18-11-14(9-10-17(18)25-3)12-19-20(24)23(2)21(28-19)22-15-7-6-8-16(13-15)27-4/h6-13H,5H2,1-4H3/b19-12+,22-21?. The highest BCUT2D eigenvalue weighted by Gasteiger charge is 2.30. The highest BCUT2D eigenvalue weighted by Crippen LogP contribution is 2.35. The number of methoxy groups -OCH3 is 1. The van der Waals surface area contributed by atoms with Gasteiger partial charge in [0, 0.05) is 11.9 Å². The number of carbonyl (C=O) groups is 1. The smallest absolute Gasteiger partial charge is 0.266 e. The van der Waals surface area contributed by atoms with Gasteiger partial charge in [-0.05, 0) is 66.9 Å². The van der Waals surface area contributed by atoms with Crippen molar-refractivity contribution in [3.05, 3.63) is 52.9 Å². The molecule has 1 fully saturated rings. The van der Waals surface area contributed by atoms with Crippen LogP contribution in [-0.2, 0) is 4.79 Å². The first kappa shape index (κ1) is 20.4. The Morgan fingerprint density at radius 3 is 2.75 bits per heavy atom. The van der Waals surface area contributed by atoms with Gasteiger partial charge in [-0.2, -0.15) is 0 Å². The van der Waals surface area contributed by atoms with E-state index in [0.29, 0.717) is 28.2 Å². The highest BCUT2D eigenvalue weighted by molar-refractivity contribution is 8.18. The molecule has 0 unspecified atom stereocenters. The summed E-state index contributed by atoms with van der Waals surface area (Å²) in [5.41, 5.74) is 1.71. The molecule has 28 heavy (non-hydrogen) atoms. The predicted molar refractivity (Wildman–Crippen MR) is 118 cm³/mol. The summed E-state index contributed by atoms with van der Waals surface area (Å²) < 4.78 is 10.9. The normalized spacial score (nSPS) is 16.9. The van der Waals surface area contributed by atoms with E-state index in [-0.39, 0.29) is 5.91 Å². The molecule has 0 spiro atoms. The molecule has 7 heteroatoms. The van der Waals surface area contributed by atoms with Gasteiger partial charge in [0.05, 0.1) is 24.3 Å². The van der Waals surface area contributed by atoms with Crippen molar-refractivity contribution in [3.8, 4) is 11.5 Å². The number of hydrogen-bond donors (Lipinski definition) is 0. The zero-order chi connectivity index (χ0) is 20.1. The summed E-state index contributed by atoms with van der Waals surface area (Å²) in [5.74, 6) is 1.26. The average molecular weight is 415 g/mol. The Hall–Kier alpha value is -2.38. The SMILES string of the molecule is CCOc1cc(/C=C2/SC(=Nc3cccc(SC)c3)N(C)C2=O)ccc1OC. The minimum atomic E-state index is -0.0708. The third-order valence-electron chi connectivity index (χ3n) is 4.07. The molecule has 0 aliphatic carbocycles. The molecule has 0 N–H and O–H groups in total. The van der Waals surface area contributed by atoms with E-state index in [9.17, 15) is 4.79 Å². The Balaban J connectivity index is 1.88. The molecule has 0 radical (unpaired) electrons. The summed E-state index contributed by atoms with van der Waals surface area (Å²) in [7, 11) is 3.35. The molecule has 0 bridgehead atoms. The second-order valence-electron chi connectivity index (χ2n) is 5.91. The fourth-order valence-electron chi connectivity index (χ4n) is 2.64. The van der Waals surface area contributed by atoms with Gasteiger partial charge >= 0.3 is 0 Å². The average Bonchev–Trinajstić information content (AvgIpc) is 2.96. The summed E-state index contributed by atoms with van der Waals surface area (Å²) in [5, 5.41) is 0.660. The second kappa shape index (κ2) is 9.21. The summed E-state index contributed by atoms with van der Waals surface area (Å²) in [6, 6.07) is 13.6. The Morgan fingerprint density at radius 2 is 2.04 bits per heavy atom. The van der Waals surface area contributed by atoms with Crippen molar-refractivity contribution in [3.63, 3.8) is 0 Å². The van der Waals surface area contributed by atoms with Crippen molar-refractivity contribution in [1.82, 2.24) is 4.90 Å². The molecule has 0 atom stereocenters. The van der Waals surface area contributed by atoms with Crippen molar-refractivity contribution in [2.24, 2.45) is 4.99 Å². The lowest BCUT2D eigenvalue weighted by atomic mass is 10.2. The number of nitrogens with zero attached hydrogens (tertiary/aromatic N) is 2. The largest absolute Gasteiger partial charge is 0.493 e. The Kier molecular flexibility index (Phi) is 6.70. The van der Waals surface area contributed by atoms with Crippen LogP contribution in [0, 0.1) is 0 Å². The quantitative estimate of drug-likeness (QED) is 0.489. The first-order chi connectivity index (χ1) is 13.5. The number of aliphatic imine (C=N–C) groups is 1. The van der Waals surface area contributed by atoms with E-state index >= 15 is 0 Å². The van der Waals surface area contributed by atoms with E-state index < -0.39 is 0 Å². The summed E-state index contributed by atoms with van der Waals surface area (Å²) in [4.78, 5) is 20.6. The van der Waals surface area contributed by atoms with Crippen molar-refractivity contribution >= 4 is 46.4 Å². The van der Waals surface area contributed by atoms with Crippen LogP contribution in [0.2, 0.25) is 0 Å². The van der Waals surface area contributed by atoms with Crippen LogP contribution >= 0.6 is 23.5 Å². The number of rotatable bonds is 6. The zero-order valence-electron chi connectivity index (χ0n) is 16.3. The van der Waals surface area contributed by atoms with Crippen LogP contribution in [0.4, 0.5) is 5.69 Å². The van der Waals surface area contributed by atoms with Crippen LogP contribution in [0.3, 0.4) is 0 Å². The molecule has 1 amide bonds. The number of likely N-dealkylation sites (N-methyl/N-ethyl adjacent to an activating group) is 1. The Bertz CT molecular complexity index is 941. The van der Waals surface area contributed by atoms with Crippen LogP contribution in [0.1, 0.15) is 12.5 Å². The monoisotopic (exact) mass is 414 g/mol. The molecule has 1 aliphatic rings. The fraction of sp³-hybridized carbons (Fsp3) is 0.238. The number of amidine groups is 1. The van der Waals surface area contributed by atoms with E-state index in [1.54, 1.807) is 30.8 Å². The summed E-state index contributed by atoms with van der Waals surface area (Å²) >= 11 is 3.03. The lowest BCUT2D eigenvalue weighted by Gasteiger charge is -2.09. The van der Waals surface area contributed by atoms with Gasteiger partial charge in [0.2, 0.25) is 0 Å². The summed E-state index contributed by atoms with van der Waals surface area (Å²) in [6.07, 6.45) is 3.88. The highest BCUT2D eigenvalue weighted by atomic mass is 32.2. The predicted octanol–water partition coefficient (Wildman–Crippen LogP) is 5.05. The van der Waals surface area contributed by atoms with E-state index in [1.165, 1.54) is 11.8 Å². The molecule has 1 saturated heterocycles. The van der Waals surface area contributed by atoms with Gasteiger partial charge in [-0.15, -0.1) is 11.8 Å². The van der Waals surface area contributed by atoms with Crippen LogP contribution in [0.5, 0.6) is 11.5 Å². The molecule has 2 aromatic rings. The van der Waals surface area contributed by atoms with E-state index in [1.807, 2.05) is 61.7 Å². The van der Waals surface area contributed by atoms with Crippen LogP contribution in [-0.4, -0.2) is 43.0 Å². The molecule has 0 aromatic heterocycles. The van der Waals surface area contributed by atoms with Crippen molar-refractivity contribution in [2.75, 3.05) is 27.0 Å². The van der Waals surface area contributed by atoms with Gasteiger partial charge < -0.3 is 9.47 Å². The molecule has 2 aromatic carbocycles. The maximum Gasteiger partial charge on any atom is 0.266 e. The first-order valence-electron chi connectivity index (χ1n) is 8.77. The van der Waals surface area contributed by atoms with Crippen LogP contribution in [0.15, 0.2) is 57.3 Å². The number of hydrogen-bond acceptors (Lipinski definition) is 6. The lowest BCUT2D eigenvalue weighted by molar-refractivity contribution is -0.121. The lowest BCUT2D eigenvalue weighted by Crippen LogP contribution is -2.23. The number of carbonyl (C=O) groups excluding carboxylic acids is 1. The number of benzene rings is 2. The Labute approximate surface area is 173 Å². The van der Waals surface area contributed by atoms with Crippen molar-refractivity contribution < 1.29 is 14.3 Å².